The van der Waals surface area contributed by atoms with E-state index in [1.165, 1.54) is 26.4 Å². The van der Waals surface area contributed by atoms with E-state index in [1.54, 1.807) is 43.4 Å². The van der Waals surface area contributed by atoms with Crippen molar-refractivity contribution in [2.24, 2.45) is 0 Å². The monoisotopic (exact) mass is 432 g/mol. The third kappa shape index (κ3) is 4.39. The van der Waals surface area contributed by atoms with E-state index in [0.717, 1.165) is 0 Å². The van der Waals surface area contributed by atoms with Gasteiger partial charge in [-0.05, 0) is 18.2 Å². The van der Waals surface area contributed by atoms with Crippen molar-refractivity contribution in [3.05, 3.63) is 36.5 Å². The topological polar surface area (TPSA) is 130 Å². The molecule has 3 heterocycles. The predicted molar refractivity (Wildman–Crippen MR) is 113 cm³/mol. The van der Waals surface area contributed by atoms with Crippen LogP contribution in [-0.2, 0) is 11.3 Å². The summed E-state index contributed by atoms with van der Waals surface area (Å²) in [4.78, 5) is 27.3. The second-order valence-electron chi connectivity index (χ2n) is 6.16. The Morgan fingerprint density at radius 3 is 2.53 bits per heavy atom. The minimum Gasteiger partial charge on any atom is -0.496 e. The molecule has 0 saturated carbocycles. The Hall–Kier alpha value is -3.51. The number of aromatic nitrogens is 3. The van der Waals surface area contributed by atoms with Crippen molar-refractivity contribution in [2.45, 2.75) is 0 Å². The number of urea groups is 1. The Morgan fingerprint density at radius 1 is 1.13 bits per heavy atom. The van der Waals surface area contributed by atoms with Crippen LogP contribution < -0.4 is 24.0 Å². The van der Waals surface area contributed by atoms with Crippen molar-refractivity contribution in [2.75, 3.05) is 42.8 Å². The van der Waals surface area contributed by atoms with Crippen LogP contribution in [0, 0.1) is 0 Å². The molecule has 3 rings (SSSR count). The maximum atomic E-state index is 12.9. The van der Waals surface area contributed by atoms with Gasteiger partial charge in [-0.25, -0.2) is 14.0 Å². The first-order chi connectivity index (χ1) is 14.3. The van der Waals surface area contributed by atoms with Crippen LogP contribution in [-0.4, -0.2) is 58.1 Å². The van der Waals surface area contributed by atoms with Gasteiger partial charge in [-0.15, -0.1) is 0 Å². The zero-order chi connectivity index (χ0) is 21.8. The third-order valence-corrected chi connectivity index (χ3v) is 4.67. The van der Waals surface area contributed by atoms with E-state index in [2.05, 4.69) is 20.3 Å². The van der Waals surface area contributed by atoms with E-state index in [1.807, 2.05) is 0 Å². The molecule has 0 aromatic carbocycles. The number of methoxy groups -OCH3 is 2. The third-order valence-electron chi connectivity index (χ3n) is 4.02. The first-order valence-corrected chi connectivity index (χ1v) is 9.65. The number of carbonyl (C=O) groups is 1. The summed E-state index contributed by atoms with van der Waals surface area (Å²) in [5.41, 5.74) is 1.46. The Labute approximate surface area is 175 Å². The lowest BCUT2D eigenvalue weighted by atomic mass is 10.2. The standard InChI is InChI=1S/C18H20N6O5S/c1-23(2)14-10-13-12(6-5-7-19-13)20-17(14)24(30(26)27)18(25)22-15-8-11(28-3)9-16(21-15)29-4/h5-10H,1-4H3,(H,26,27)(H,21,22,25). The van der Waals surface area contributed by atoms with Crippen molar-refractivity contribution < 1.29 is 23.0 Å². The van der Waals surface area contributed by atoms with E-state index >= 15 is 0 Å². The van der Waals surface area contributed by atoms with Crippen LogP contribution in [0.15, 0.2) is 36.5 Å². The number of nitrogens with zero attached hydrogens (tertiary/aromatic N) is 5. The number of pyridine rings is 3. The number of hydrogen-bond donors (Lipinski definition) is 2. The fourth-order valence-electron chi connectivity index (χ4n) is 2.63. The number of fused-ring (bicyclic) bond motifs is 1. The number of amides is 2. The Kier molecular flexibility index (Phi) is 6.28. The van der Waals surface area contributed by atoms with Gasteiger partial charge in [0.05, 0.1) is 30.9 Å². The van der Waals surface area contributed by atoms with Crippen LogP contribution in [0.25, 0.3) is 11.0 Å². The molecule has 0 aliphatic carbocycles. The molecule has 30 heavy (non-hydrogen) atoms. The van der Waals surface area contributed by atoms with Gasteiger partial charge in [-0.3, -0.25) is 14.9 Å². The molecule has 12 heteroatoms. The van der Waals surface area contributed by atoms with Gasteiger partial charge < -0.3 is 14.4 Å². The second kappa shape index (κ2) is 8.88. The summed E-state index contributed by atoms with van der Waals surface area (Å²) < 4.78 is 32.9. The minimum atomic E-state index is -2.72. The molecular weight excluding hydrogens is 412 g/mol. The van der Waals surface area contributed by atoms with Gasteiger partial charge in [0.15, 0.2) is 5.82 Å². The molecule has 0 spiro atoms. The Morgan fingerprint density at radius 2 is 1.90 bits per heavy atom. The molecule has 3 aromatic rings. The van der Waals surface area contributed by atoms with Crippen LogP contribution in [0.4, 0.5) is 22.1 Å². The van der Waals surface area contributed by atoms with Crippen molar-refractivity contribution in [3.63, 3.8) is 0 Å². The van der Waals surface area contributed by atoms with Gasteiger partial charge in [0.1, 0.15) is 11.6 Å². The molecule has 0 aliphatic heterocycles. The van der Waals surface area contributed by atoms with Crippen LogP contribution in [0.3, 0.4) is 0 Å². The van der Waals surface area contributed by atoms with Crippen molar-refractivity contribution in [3.8, 4) is 11.6 Å². The predicted octanol–water partition coefficient (Wildman–Crippen LogP) is 2.28. The number of carbonyl (C=O) groups excluding carboxylic acids is 1. The number of nitrogens with one attached hydrogen (secondary N) is 1. The average molecular weight is 432 g/mol. The average Bonchev–Trinajstić information content (AvgIpc) is 2.72. The molecule has 11 nitrogen and oxygen atoms in total. The SMILES string of the molecule is COc1cc(NC(=O)N(c2nc3cccnc3cc2N(C)C)S(=O)O)nc(OC)c1. The molecule has 2 N–H and O–H groups in total. The lowest BCUT2D eigenvalue weighted by Gasteiger charge is -2.23. The maximum absolute atomic E-state index is 12.9. The molecule has 0 bridgehead atoms. The molecule has 2 amide bonds. The maximum Gasteiger partial charge on any atom is 0.342 e. The lowest BCUT2D eigenvalue weighted by Crippen LogP contribution is -2.38. The summed E-state index contributed by atoms with van der Waals surface area (Å²) in [5.74, 6) is 0.636. The number of hydrogen-bond acceptors (Lipinski definition) is 8. The van der Waals surface area contributed by atoms with Gasteiger partial charge in [0.25, 0.3) is 11.3 Å². The van der Waals surface area contributed by atoms with E-state index in [9.17, 15) is 13.6 Å². The lowest BCUT2D eigenvalue weighted by molar-refractivity contribution is 0.259. The van der Waals surface area contributed by atoms with Gasteiger partial charge >= 0.3 is 6.03 Å². The normalized spacial score (nSPS) is 11.6. The summed E-state index contributed by atoms with van der Waals surface area (Å²) in [7, 11) is 6.31. The smallest absolute Gasteiger partial charge is 0.342 e. The minimum absolute atomic E-state index is 0.0197. The Balaban J connectivity index is 2.05. The molecule has 1 unspecified atom stereocenters. The zero-order valence-corrected chi connectivity index (χ0v) is 17.5. The summed E-state index contributed by atoms with van der Waals surface area (Å²) >= 11 is -2.72. The summed E-state index contributed by atoms with van der Waals surface area (Å²) in [6.45, 7) is 0. The van der Waals surface area contributed by atoms with Gasteiger partial charge in [0.2, 0.25) is 5.88 Å². The van der Waals surface area contributed by atoms with Crippen molar-refractivity contribution >= 4 is 45.7 Å². The largest absolute Gasteiger partial charge is 0.496 e. The second-order valence-corrected chi connectivity index (χ2v) is 6.98. The van der Waals surface area contributed by atoms with Crippen molar-refractivity contribution in [1.29, 1.82) is 0 Å². The fourth-order valence-corrected chi connectivity index (χ4v) is 3.10. The van der Waals surface area contributed by atoms with Crippen LogP contribution in [0.5, 0.6) is 11.6 Å². The summed E-state index contributed by atoms with van der Waals surface area (Å²) in [6.07, 6.45) is 1.61. The first kappa shape index (κ1) is 21.2. The molecule has 3 aromatic heterocycles. The number of ether oxygens (including phenoxy) is 2. The van der Waals surface area contributed by atoms with E-state index < -0.39 is 17.3 Å². The molecule has 0 saturated heterocycles. The van der Waals surface area contributed by atoms with Crippen molar-refractivity contribution in [1.82, 2.24) is 15.0 Å². The summed E-state index contributed by atoms with van der Waals surface area (Å²) in [6, 6.07) is 7.11. The molecule has 0 fully saturated rings. The highest BCUT2D eigenvalue weighted by atomic mass is 32.2. The highest BCUT2D eigenvalue weighted by molar-refractivity contribution is 7.81. The highest BCUT2D eigenvalue weighted by Gasteiger charge is 2.28. The van der Waals surface area contributed by atoms with Gasteiger partial charge in [-0.2, -0.15) is 9.29 Å². The molecular formula is C18H20N6O5S. The quantitative estimate of drug-likeness (QED) is 0.563. The zero-order valence-electron chi connectivity index (χ0n) is 16.7. The molecule has 0 radical (unpaired) electrons. The van der Waals surface area contributed by atoms with E-state index in [4.69, 9.17) is 9.47 Å². The van der Waals surface area contributed by atoms with Crippen LogP contribution in [0.2, 0.25) is 0 Å². The highest BCUT2D eigenvalue weighted by Crippen LogP contribution is 2.31. The summed E-state index contributed by atoms with van der Waals surface area (Å²) in [5, 5.41) is 2.47. The van der Waals surface area contributed by atoms with Crippen LogP contribution >= 0.6 is 0 Å². The number of rotatable bonds is 6. The molecule has 0 aliphatic rings. The van der Waals surface area contributed by atoms with Crippen LogP contribution in [0.1, 0.15) is 0 Å². The van der Waals surface area contributed by atoms with E-state index in [0.29, 0.717) is 26.8 Å². The molecule has 1 atom stereocenters. The van der Waals surface area contributed by atoms with Gasteiger partial charge in [0, 0.05) is 32.4 Å². The fraction of sp³-hybridized carbons (Fsp3) is 0.222. The number of anilines is 3. The first-order valence-electron chi connectivity index (χ1n) is 8.59. The van der Waals surface area contributed by atoms with Gasteiger partial charge in [-0.1, -0.05) is 0 Å². The Bertz CT molecular complexity index is 1090. The molecule has 158 valence electrons. The van der Waals surface area contributed by atoms with E-state index in [-0.39, 0.29) is 17.5 Å².